The first-order valence-electron chi connectivity index (χ1n) is 5.08. The van der Waals surface area contributed by atoms with Gasteiger partial charge in [0.2, 0.25) is 5.91 Å². The number of fused-ring (bicyclic) bond motifs is 1. The molecule has 0 spiro atoms. The number of nitrogens with zero attached hydrogens (tertiary/aromatic N) is 1. The van der Waals surface area contributed by atoms with Gasteiger partial charge in [-0.2, -0.15) is 0 Å². The highest BCUT2D eigenvalue weighted by molar-refractivity contribution is 5.82. The van der Waals surface area contributed by atoms with E-state index in [1.807, 2.05) is 11.8 Å². The third kappa shape index (κ3) is 1.62. The number of alkyl halides is 1. The maximum Gasteiger partial charge on any atom is 0.238 e. The molecule has 2 fully saturated rings. The highest BCUT2D eigenvalue weighted by Gasteiger charge is 2.37. The Kier molecular flexibility index (Phi) is 2.69. The molecular formula is C9H16FN3O. The zero-order valence-corrected chi connectivity index (χ0v) is 8.29. The average molecular weight is 201 g/mol. The van der Waals surface area contributed by atoms with Crippen molar-refractivity contribution < 1.29 is 9.18 Å². The fraction of sp³-hybridized carbons (Fsp3) is 0.889. The molecule has 0 aromatic carbocycles. The minimum Gasteiger partial charge on any atom is -0.352 e. The lowest BCUT2D eigenvalue weighted by Crippen LogP contribution is -2.58. The summed E-state index contributed by atoms with van der Waals surface area (Å²) >= 11 is 0. The second kappa shape index (κ2) is 3.82. The van der Waals surface area contributed by atoms with E-state index in [-0.39, 0.29) is 24.5 Å². The molecule has 0 aromatic rings. The molecular weight excluding hydrogens is 185 g/mol. The molecule has 0 bridgehead atoms. The SMILES string of the molecule is CC1[C@@H](F)CNC(=O)[C@H]2CNCCN12. The van der Waals surface area contributed by atoms with Crippen molar-refractivity contribution in [2.75, 3.05) is 26.2 Å². The summed E-state index contributed by atoms with van der Waals surface area (Å²) in [6.45, 7) is 4.21. The van der Waals surface area contributed by atoms with Crippen molar-refractivity contribution in [3.8, 4) is 0 Å². The van der Waals surface area contributed by atoms with Crippen molar-refractivity contribution in [2.24, 2.45) is 0 Å². The smallest absolute Gasteiger partial charge is 0.238 e. The maximum absolute atomic E-state index is 13.5. The minimum absolute atomic E-state index is 0.0517. The van der Waals surface area contributed by atoms with Gasteiger partial charge in [0.15, 0.2) is 0 Å². The van der Waals surface area contributed by atoms with Crippen LogP contribution in [0, 0.1) is 0 Å². The zero-order valence-electron chi connectivity index (χ0n) is 8.29. The first kappa shape index (κ1) is 9.86. The molecule has 0 aromatic heterocycles. The quantitative estimate of drug-likeness (QED) is 0.535. The topological polar surface area (TPSA) is 44.4 Å². The van der Waals surface area contributed by atoms with Crippen LogP contribution in [0.1, 0.15) is 6.92 Å². The third-order valence-corrected chi connectivity index (χ3v) is 3.11. The highest BCUT2D eigenvalue weighted by atomic mass is 19.1. The highest BCUT2D eigenvalue weighted by Crippen LogP contribution is 2.16. The van der Waals surface area contributed by atoms with Crippen molar-refractivity contribution in [2.45, 2.75) is 25.2 Å². The Balaban J connectivity index is 2.17. The molecule has 1 amide bonds. The molecule has 14 heavy (non-hydrogen) atoms. The van der Waals surface area contributed by atoms with Crippen molar-refractivity contribution >= 4 is 5.91 Å². The van der Waals surface area contributed by atoms with Crippen molar-refractivity contribution in [1.82, 2.24) is 15.5 Å². The summed E-state index contributed by atoms with van der Waals surface area (Å²) in [6, 6.07) is -0.361. The summed E-state index contributed by atoms with van der Waals surface area (Å²) in [4.78, 5) is 13.5. The number of carbonyl (C=O) groups is 1. The summed E-state index contributed by atoms with van der Waals surface area (Å²) in [6.07, 6.45) is -0.956. The maximum atomic E-state index is 13.5. The van der Waals surface area contributed by atoms with Gasteiger partial charge in [-0.3, -0.25) is 9.69 Å². The molecule has 4 nitrogen and oxygen atoms in total. The largest absolute Gasteiger partial charge is 0.352 e. The molecule has 2 aliphatic heterocycles. The molecule has 2 heterocycles. The molecule has 2 aliphatic rings. The molecule has 2 rings (SSSR count). The Morgan fingerprint density at radius 1 is 1.50 bits per heavy atom. The fourth-order valence-corrected chi connectivity index (χ4v) is 2.15. The molecule has 5 heteroatoms. The van der Waals surface area contributed by atoms with Crippen LogP contribution in [0.25, 0.3) is 0 Å². The van der Waals surface area contributed by atoms with Crippen molar-refractivity contribution in [3.05, 3.63) is 0 Å². The Morgan fingerprint density at radius 3 is 3.07 bits per heavy atom. The van der Waals surface area contributed by atoms with Crippen LogP contribution in [0.2, 0.25) is 0 Å². The summed E-state index contributed by atoms with van der Waals surface area (Å²) in [5.74, 6) is -0.0517. The first-order valence-corrected chi connectivity index (χ1v) is 5.08. The second-order valence-electron chi connectivity index (χ2n) is 3.96. The van der Waals surface area contributed by atoms with E-state index in [0.717, 1.165) is 13.1 Å². The summed E-state index contributed by atoms with van der Waals surface area (Å²) < 4.78 is 13.5. The van der Waals surface area contributed by atoms with Gasteiger partial charge in [-0.05, 0) is 6.92 Å². The normalized spacial score (nSPS) is 39.9. The number of rotatable bonds is 0. The van der Waals surface area contributed by atoms with Crippen LogP contribution in [-0.2, 0) is 4.79 Å². The predicted molar refractivity (Wildman–Crippen MR) is 50.7 cm³/mol. The van der Waals surface area contributed by atoms with Crippen LogP contribution in [0.5, 0.6) is 0 Å². The number of hydrogen-bond donors (Lipinski definition) is 2. The van der Waals surface area contributed by atoms with Gasteiger partial charge in [-0.1, -0.05) is 0 Å². The molecule has 2 N–H and O–H groups in total. The van der Waals surface area contributed by atoms with E-state index in [0.29, 0.717) is 6.54 Å². The van der Waals surface area contributed by atoms with E-state index in [1.165, 1.54) is 0 Å². The lowest BCUT2D eigenvalue weighted by Gasteiger charge is -2.37. The predicted octanol–water partition coefficient (Wildman–Crippen LogP) is -0.883. The standard InChI is InChI=1S/C9H16FN3O/c1-6-7(10)4-12-9(14)8-5-11-2-3-13(6)8/h6-8,11H,2-5H2,1H3,(H,12,14)/t6?,7-,8+/m0/s1. The Hall–Kier alpha value is -0.680. The van der Waals surface area contributed by atoms with Crippen molar-refractivity contribution in [1.29, 1.82) is 0 Å². The number of amides is 1. The van der Waals surface area contributed by atoms with Gasteiger partial charge in [0.25, 0.3) is 0 Å². The summed E-state index contributed by atoms with van der Waals surface area (Å²) in [5, 5.41) is 5.78. The van der Waals surface area contributed by atoms with Gasteiger partial charge >= 0.3 is 0 Å². The monoisotopic (exact) mass is 201 g/mol. The number of nitrogens with one attached hydrogen (secondary N) is 2. The summed E-state index contributed by atoms with van der Waals surface area (Å²) in [7, 11) is 0. The minimum atomic E-state index is -0.956. The molecule has 2 saturated heterocycles. The van der Waals surface area contributed by atoms with Crippen LogP contribution < -0.4 is 10.6 Å². The fourth-order valence-electron chi connectivity index (χ4n) is 2.15. The lowest BCUT2D eigenvalue weighted by atomic mass is 10.1. The lowest BCUT2D eigenvalue weighted by molar-refractivity contribution is -0.126. The molecule has 1 unspecified atom stereocenters. The summed E-state index contributed by atoms with van der Waals surface area (Å²) in [5.41, 5.74) is 0. The van der Waals surface area contributed by atoms with Gasteiger partial charge in [0, 0.05) is 25.7 Å². The van der Waals surface area contributed by atoms with Crippen LogP contribution in [0.3, 0.4) is 0 Å². The van der Waals surface area contributed by atoms with Gasteiger partial charge in [0.05, 0.1) is 6.54 Å². The third-order valence-electron chi connectivity index (χ3n) is 3.11. The van der Waals surface area contributed by atoms with E-state index in [2.05, 4.69) is 10.6 Å². The number of piperazine rings is 1. The molecule has 80 valence electrons. The Morgan fingerprint density at radius 2 is 2.29 bits per heavy atom. The van der Waals surface area contributed by atoms with Crippen LogP contribution in [0.15, 0.2) is 0 Å². The first-order chi connectivity index (χ1) is 6.70. The molecule has 3 atom stereocenters. The van der Waals surface area contributed by atoms with E-state index in [1.54, 1.807) is 0 Å². The van der Waals surface area contributed by atoms with Gasteiger partial charge in [-0.25, -0.2) is 4.39 Å². The van der Waals surface area contributed by atoms with Gasteiger partial charge in [0.1, 0.15) is 12.2 Å². The van der Waals surface area contributed by atoms with Gasteiger partial charge < -0.3 is 10.6 Å². The van der Waals surface area contributed by atoms with Crippen molar-refractivity contribution in [3.63, 3.8) is 0 Å². The van der Waals surface area contributed by atoms with Gasteiger partial charge in [-0.15, -0.1) is 0 Å². The number of carbonyl (C=O) groups excluding carboxylic acids is 1. The Labute approximate surface area is 82.8 Å². The van der Waals surface area contributed by atoms with Crippen LogP contribution in [0.4, 0.5) is 4.39 Å². The second-order valence-corrected chi connectivity index (χ2v) is 3.96. The van der Waals surface area contributed by atoms with E-state index in [4.69, 9.17) is 0 Å². The average Bonchev–Trinajstić information content (AvgIpc) is 2.33. The molecule has 0 aliphatic carbocycles. The molecule has 0 radical (unpaired) electrons. The zero-order chi connectivity index (χ0) is 10.1. The van der Waals surface area contributed by atoms with E-state index >= 15 is 0 Å². The van der Waals surface area contributed by atoms with Crippen LogP contribution >= 0.6 is 0 Å². The van der Waals surface area contributed by atoms with E-state index < -0.39 is 6.17 Å². The Bertz CT molecular complexity index is 236. The number of hydrogen-bond acceptors (Lipinski definition) is 3. The van der Waals surface area contributed by atoms with Crippen LogP contribution in [-0.4, -0.2) is 55.2 Å². The number of halogens is 1. The van der Waals surface area contributed by atoms with E-state index in [9.17, 15) is 9.18 Å². The molecule has 0 saturated carbocycles.